The fourth-order valence-electron chi connectivity index (χ4n) is 7.93. The predicted molar refractivity (Wildman–Crippen MR) is 193 cm³/mol. The van der Waals surface area contributed by atoms with E-state index in [0.717, 1.165) is 32.1 Å². The van der Waals surface area contributed by atoms with Crippen molar-refractivity contribution in [2.24, 2.45) is 16.7 Å². The van der Waals surface area contributed by atoms with Crippen LogP contribution in [0.1, 0.15) is 170 Å². The van der Waals surface area contributed by atoms with E-state index in [9.17, 15) is 14.4 Å². The Morgan fingerprint density at radius 1 is 0.851 bits per heavy atom. The van der Waals surface area contributed by atoms with Gasteiger partial charge in [0.2, 0.25) is 5.91 Å². The number of nitrogens with one attached hydrogen (secondary N) is 5. The summed E-state index contributed by atoms with van der Waals surface area (Å²) in [5.41, 5.74) is 0.459. The number of urea groups is 1. The lowest BCUT2D eigenvalue weighted by atomic mass is 9.62. The first-order valence-corrected chi connectivity index (χ1v) is 19.0. The van der Waals surface area contributed by atoms with Crippen LogP contribution in [0, 0.1) is 16.7 Å². The largest absolute Gasteiger partial charge is 0.449 e. The minimum Gasteiger partial charge on any atom is -0.449 e. The van der Waals surface area contributed by atoms with Crippen molar-refractivity contribution >= 4 is 18.0 Å². The van der Waals surface area contributed by atoms with Crippen LogP contribution in [-0.2, 0) is 9.53 Å². The lowest BCUT2D eigenvalue weighted by Crippen LogP contribution is -2.69. The molecule has 0 aromatic heterocycles. The summed E-state index contributed by atoms with van der Waals surface area (Å²) in [6, 6.07) is -0.396. The molecule has 0 bridgehead atoms. The SMILES string of the molecule is CCCCCCCCCCC(CCCCCCCC)COC(=O)NC1CC(C)(C)CC(C)(CNC(=O)NC2(C)NC(=O)C=C(C)N2)C1. The number of alkyl carbamates (subject to hydrolysis) is 1. The van der Waals surface area contributed by atoms with E-state index >= 15 is 0 Å². The van der Waals surface area contributed by atoms with E-state index in [0.29, 0.717) is 24.8 Å². The van der Waals surface area contributed by atoms with Gasteiger partial charge < -0.3 is 26.0 Å². The number of hydrogen-bond acceptors (Lipinski definition) is 5. The van der Waals surface area contributed by atoms with Crippen molar-refractivity contribution in [2.75, 3.05) is 13.2 Å². The smallest absolute Gasteiger partial charge is 0.407 e. The Morgan fingerprint density at radius 2 is 1.40 bits per heavy atom. The van der Waals surface area contributed by atoms with Crippen LogP contribution < -0.4 is 26.6 Å². The average molecular weight is 662 g/mol. The molecule has 5 N–H and O–H groups in total. The quantitative estimate of drug-likeness (QED) is 0.0743. The highest BCUT2D eigenvalue weighted by atomic mass is 16.5. The molecular formula is C38H71N5O4. The molecule has 0 radical (unpaired) electrons. The van der Waals surface area contributed by atoms with Gasteiger partial charge in [-0.3, -0.25) is 10.1 Å². The van der Waals surface area contributed by atoms with E-state index < -0.39 is 5.79 Å². The Labute approximate surface area is 287 Å². The minimum absolute atomic E-state index is 0.00720. The number of rotatable bonds is 22. The van der Waals surface area contributed by atoms with E-state index in [1.165, 1.54) is 96.0 Å². The lowest BCUT2D eigenvalue weighted by molar-refractivity contribution is -0.119. The van der Waals surface area contributed by atoms with Crippen molar-refractivity contribution in [1.29, 1.82) is 0 Å². The monoisotopic (exact) mass is 662 g/mol. The van der Waals surface area contributed by atoms with Crippen molar-refractivity contribution in [2.45, 2.75) is 182 Å². The number of unbranched alkanes of at least 4 members (excludes halogenated alkanes) is 12. The van der Waals surface area contributed by atoms with Gasteiger partial charge in [0, 0.05) is 24.4 Å². The van der Waals surface area contributed by atoms with Gasteiger partial charge in [0.1, 0.15) is 0 Å². The zero-order chi connectivity index (χ0) is 34.8. The maximum Gasteiger partial charge on any atom is 0.407 e. The molecule has 0 aromatic carbocycles. The molecule has 9 nitrogen and oxygen atoms in total. The van der Waals surface area contributed by atoms with Gasteiger partial charge in [-0.2, -0.15) is 0 Å². The van der Waals surface area contributed by atoms with Crippen LogP contribution in [-0.4, -0.2) is 43.0 Å². The van der Waals surface area contributed by atoms with Crippen LogP contribution in [0.3, 0.4) is 0 Å². The standard InChI is InChI=1S/C38H71N5O4/c1-8-10-12-14-16-17-19-21-23-31(22-20-18-15-13-11-9-2)27-47-35(46)40-32-25-36(4,5)28-37(6,26-32)29-39-34(45)43-38(7)41-30(3)24-33(44)42-38/h24,31-32,41H,8-23,25-29H2,1-7H3,(H,40,46)(H,42,44)(H2,39,43,45). The number of hydrogen-bond donors (Lipinski definition) is 5. The van der Waals surface area contributed by atoms with Crippen molar-refractivity contribution in [3.8, 4) is 0 Å². The van der Waals surface area contributed by atoms with Crippen LogP contribution in [0.5, 0.6) is 0 Å². The normalized spacial score (nSPS) is 24.4. The molecule has 1 saturated carbocycles. The molecule has 272 valence electrons. The van der Waals surface area contributed by atoms with E-state index in [1.54, 1.807) is 13.8 Å². The predicted octanol–water partition coefficient (Wildman–Crippen LogP) is 8.79. The van der Waals surface area contributed by atoms with Gasteiger partial charge in [0.05, 0.1) is 6.61 Å². The zero-order valence-electron chi connectivity index (χ0n) is 31.2. The second-order valence-corrected chi connectivity index (χ2v) is 16.1. The van der Waals surface area contributed by atoms with Crippen molar-refractivity contribution < 1.29 is 19.1 Å². The molecular weight excluding hydrogens is 590 g/mol. The number of ether oxygens (including phenoxy) is 1. The molecule has 1 heterocycles. The Bertz CT molecular complexity index is 985. The molecule has 9 heteroatoms. The summed E-state index contributed by atoms with van der Waals surface area (Å²) in [5.74, 6) is -0.901. The molecule has 0 spiro atoms. The van der Waals surface area contributed by atoms with E-state index in [1.807, 2.05) is 0 Å². The summed E-state index contributed by atoms with van der Waals surface area (Å²) < 4.78 is 5.90. The van der Waals surface area contributed by atoms with Crippen LogP contribution in [0.25, 0.3) is 0 Å². The van der Waals surface area contributed by atoms with Crippen LogP contribution >= 0.6 is 0 Å². The summed E-state index contributed by atoms with van der Waals surface area (Å²) >= 11 is 0. The summed E-state index contributed by atoms with van der Waals surface area (Å²) in [6.45, 7) is 15.6. The third kappa shape index (κ3) is 17.5. The van der Waals surface area contributed by atoms with E-state index in [-0.39, 0.29) is 34.9 Å². The van der Waals surface area contributed by atoms with Crippen LogP contribution in [0.2, 0.25) is 0 Å². The van der Waals surface area contributed by atoms with Gasteiger partial charge in [-0.1, -0.05) is 125 Å². The third-order valence-corrected chi connectivity index (χ3v) is 9.85. The number of amides is 4. The highest BCUT2D eigenvalue weighted by molar-refractivity contribution is 5.90. The Balaban J connectivity index is 1.84. The molecule has 4 amide bonds. The van der Waals surface area contributed by atoms with Gasteiger partial charge in [-0.15, -0.1) is 0 Å². The van der Waals surface area contributed by atoms with E-state index in [2.05, 4.69) is 61.2 Å². The second-order valence-electron chi connectivity index (χ2n) is 16.1. The first kappa shape index (κ1) is 40.7. The van der Waals surface area contributed by atoms with Crippen LogP contribution in [0.4, 0.5) is 9.59 Å². The van der Waals surface area contributed by atoms with Gasteiger partial charge in [-0.05, 0) is 62.7 Å². The highest BCUT2D eigenvalue weighted by Crippen LogP contribution is 2.45. The molecule has 0 aromatic rings. The fourth-order valence-corrected chi connectivity index (χ4v) is 7.93. The number of carbonyl (C=O) groups is 3. The lowest BCUT2D eigenvalue weighted by Gasteiger charge is -2.47. The van der Waals surface area contributed by atoms with Gasteiger partial charge >= 0.3 is 12.1 Å². The summed E-state index contributed by atoms with van der Waals surface area (Å²) in [7, 11) is 0. The Kier molecular flexibility index (Phi) is 18.0. The first-order chi connectivity index (χ1) is 22.3. The number of allylic oxidation sites excluding steroid dienone is 1. The Hall–Kier alpha value is -2.45. The topological polar surface area (TPSA) is 121 Å². The maximum absolute atomic E-state index is 13.1. The summed E-state index contributed by atoms with van der Waals surface area (Å²) in [6.07, 6.45) is 24.1. The van der Waals surface area contributed by atoms with Gasteiger partial charge in [-0.25, -0.2) is 9.59 Å². The molecule has 2 aliphatic rings. The van der Waals surface area contributed by atoms with Crippen LogP contribution in [0.15, 0.2) is 11.8 Å². The maximum atomic E-state index is 13.1. The van der Waals surface area contributed by atoms with Crippen molar-refractivity contribution in [1.82, 2.24) is 26.6 Å². The summed E-state index contributed by atoms with van der Waals surface area (Å²) in [5, 5.41) is 14.9. The highest BCUT2D eigenvalue weighted by Gasteiger charge is 2.42. The molecule has 2 rings (SSSR count). The minimum atomic E-state index is -1.07. The molecule has 1 aliphatic heterocycles. The molecule has 1 fully saturated rings. The Morgan fingerprint density at radius 3 is 1.96 bits per heavy atom. The second kappa shape index (κ2) is 20.8. The average Bonchev–Trinajstić information content (AvgIpc) is 2.95. The van der Waals surface area contributed by atoms with E-state index in [4.69, 9.17) is 4.74 Å². The summed E-state index contributed by atoms with van der Waals surface area (Å²) in [4.78, 5) is 37.9. The third-order valence-electron chi connectivity index (χ3n) is 9.85. The van der Waals surface area contributed by atoms with Gasteiger partial charge in [0.25, 0.3) is 0 Å². The molecule has 4 atom stereocenters. The molecule has 0 saturated heterocycles. The van der Waals surface area contributed by atoms with Gasteiger partial charge in [0.15, 0.2) is 5.79 Å². The number of carbonyl (C=O) groups excluding carboxylic acids is 3. The molecule has 4 unspecified atom stereocenters. The van der Waals surface area contributed by atoms with Crippen molar-refractivity contribution in [3.63, 3.8) is 0 Å². The van der Waals surface area contributed by atoms with Crippen molar-refractivity contribution in [3.05, 3.63) is 11.8 Å². The fraction of sp³-hybridized carbons (Fsp3) is 0.868. The molecule has 47 heavy (non-hydrogen) atoms. The zero-order valence-corrected chi connectivity index (χ0v) is 31.2. The molecule has 1 aliphatic carbocycles. The first-order valence-electron chi connectivity index (χ1n) is 19.0.